The number of carbonyl (C=O) groups is 2. The number of ether oxygens (including phenoxy) is 3. The van der Waals surface area contributed by atoms with Gasteiger partial charge in [0, 0.05) is 6.42 Å². The molecule has 0 bridgehead atoms. The molecule has 1 aliphatic heterocycles. The van der Waals surface area contributed by atoms with Crippen LogP contribution in [0.25, 0.3) is 0 Å². The van der Waals surface area contributed by atoms with E-state index in [2.05, 4.69) is 135 Å². The van der Waals surface area contributed by atoms with Crippen molar-refractivity contribution in [1.29, 1.82) is 0 Å². The van der Waals surface area contributed by atoms with Crippen molar-refractivity contribution in [3.63, 3.8) is 0 Å². The minimum atomic E-state index is -1.64. The van der Waals surface area contributed by atoms with E-state index in [4.69, 9.17) is 14.2 Å². The van der Waals surface area contributed by atoms with Crippen molar-refractivity contribution in [1.82, 2.24) is 5.32 Å². The number of aliphatic hydroxyl groups excluding tert-OH is 5. The number of amides is 1. The van der Waals surface area contributed by atoms with Crippen LogP contribution >= 0.6 is 0 Å². The molecule has 0 aliphatic carbocycles. The van der Waals surface area contributed by atoms with Gasteiger partial charge in [-0.15, -0.1) is 0 Å². The first-order chi connectivity index (χ1) is 38.7. The van der Waals surface area contributed by atoms with Gasteiger partial charge in [0.1, 0.15) is 24.4 Å². The first-order valence-corrected chi connectivity index (χ1v) is 31.3. The molecule has 8 atom stereocenters. The topological polar surface area (TPSA) is 175 Å². The molecule has 0 aromatic carbocycles. The minimum Gasteiger partial charge on any atom is -0.454 e. The van der Waals surface area contributed by atoms with Crippen LogP contribution in [0.4, 0.5) is 0 Å². The average molecular weight is 1100 g/mol. The van der Waals surface area contributed by atoms with Crippen molar-refractivity contribution in [2.75, 3.05) is 13.2 Å². The minimum absolute atomic E-state index is 0.0768. The smallest absolute Gasteiger partial charge is 0.306 e. The second-order valence-electron chi connectivity index (χ2n) is 21.0. The molecule has 11 nitrogen and oxygen atoms in total. The maximum absolute atomic E-state index is 13.4. The molecule has 0 spiro atoms. The van der Waals surface area contributed by atoms with Gasteiger partial charge in [-0.1, -0.05) is 232 Å². The van der Waals surface area contributed by atoms with E-state index in [0.29, 0.717) is 12.8 Å². The molecule has 1 fully saturated rings. The third kappa shape index (κ3) is 42.6. The van der Waals surface area contributed by atoms with Crippen LogP contribution in [0.1, 0.15) is 233 Å². The lowest BCUT2D eigenvalue weighted by Crippen LogP contribution is -2.61. The zero-order valence-electron chi connectivity index (χ0n) is 49.7. The Labute approximate surface area is 480 Å². The van der Waals surface area contributed by atoms with Crippen LogP contribution in [0.3, 0.4) is 0 Å². The second kappa shape index (κ2) is 54.6. The fourth-order valence-corrected chi connectivity index (χ4v) is 8.89. The Morgan fingerprint density at radius 1 is 0.506 bits per heavy atom. The lowest BCUT2D eigenvalue weighted by atomic mass is 9.99. The summed E-state index contributed by atoms with van der Waals surface area (Å²) >= 11 is 0. The van der Waals surface area contributed by atoms with Gasteiger partial charge in [-0.3, -0.25) is 9.59 Å². The number of esters is 1. The number of rotatable bonds is 51. The van der Waals surface area contributed by atoms with Gasteiger partial charge in [0.25, 0.3) is 0 Å². The molecular formula is C68H113NO10. The molecule has 6 N–H and O–H groups in total. The fraction of sp³-hybridized carbons (Fsp3) is 0.676. The van der Waals surface area contributed by atoms with Crippen LogP contribution < -0.4 is 5.32 Å². The molecular weight excluding hydrogens is 991 g/mol. The fourth-order valence-electron chi connectivity index (χ4n) is 8.89. The van der Waals surface area contributed by atoms with Crippen molar-refractivity contribution in [2.24, 2.45) is 0 Å². The quantitative estimate of drug-likeness (QED) is 0.0195. The highest BCUT2D eigenvalue weighted by Gasteiger charge is 2.47. The summed E-state index contributed by atoms with van der Waals surface area (Å²) in [6.07, 6.45) is 65.1. The zero-order chi connectivity index (χ0) is 57.5. The summed E-state index contributed by atoms with van der Waals surface area (Å²) in [5, 5.41) is 57.0. The highest BCUT2D eigenvalue weighted by Crippen LogP contribution is 2.26. The molecule has 0 radical (unpaired) electrons. The summed E-state index contributed by atoms with van der Waals surface area (Å²) in [5.41, 5.74) is 0. The van der Waals surface area contributed by atoms with Crippen LogP contribution in [0, 0.1) is 0 Å². The highest BCUT2D eigenvalue weighted by molar-refractivity contribution is 5.80. The van der Waals surface area contributed by atoms with Gasteiger partial charge in [-0.05, 0) is 116 Å². The number of nitrogens with one attached hydrogen (secondary N) is 1. The summed E-state index contributed by atoms with van der Waals surface area (Å²) in [5.74, 6) is -1.26. The highest BCUT2D eigenvalue weighted by atomic mass is 16.7. The molecule has 1 rings (SSSR count). The van der Waals surface area contributed by atoms with E-state index in [-0.39, 0.29) is 19.4 Å². The number of hydrogen-bond acceptors (Lipinski definition) is 10. The molecule has 450 valence electrons. The van der Waals surface area contributed by atoms with Crippen LogP contribution in [0.5, 0.6) is 0 Å². The average Bonchev–Trinajstić information content (AvgIpc) is 3.45. The van der Waals surface area contributed by atoms with E-state index >= 15 is 0 Å². The monoisotopic (exact) mass is 1100 g/mol. The van der Waals surface area contributed by atoms with Crippen LogP contribution in [0.15, 0.2) is 122 Å². The molecule has 1 saturated heterocycles. The first kappa shape index (κ1) is 73.1. The predicted octanol–water partition coefficient (Wildman–Crippen LogP) is 15.1. The van der Waals surface area contributed by atoms with Gasteiger partial charge in [-0.2, -0.15) is 0 Å². The van der Waals surface area contributed by atoms with E-state index in [1.54, 1.807) is 6.08 Å². The van der Waals surface area contributed by atoms with Gasteiger partial charge >= 0.3 is 5.97 Å². The number of hydrogen-bond donors (Lipinski definition) is 6. The first-order valence-electron chi connectivity index (χ1n) is 31.3. The Hall–Kier alpha value is -3.94. The van der Waals surface area contributed by atoms with E-state index in [1.807, 2.05) is 6.08 Å². The SMILES string of the molecule is CC/C=C\C/C=C\C/C=C\C/C=C\C/C=C\CCCCCCC(O)C(=O)NC(COC1OC(CO)C(O)C(O)C1OC(=O)CCCCC/C=C\C/C=C\C/C=C\C/C=C\CCCCC)C(O)/C=C/CCCCCCCCCCC. The van der Waals surface area contributed by atoms with Crippen molar-refractivity contribution in [3.8, 4) is 0 Å². The second-order valence-corrected chi connectivity index (χ2v) is 21.0. The lowest BCUT2D eigenvalue weighted by molar-refractivity contribution is -0.305. The molecule has 1 aliphatic rings. The van der Waals surface area contributed by atoms with Crippen LogP contribution in [0.2, 0.25) is 0 Å². The molecule has 11 heteroatoms. The molecule has 0 saturated carbocycles. The predicted molar refractivity (Wildman–Crippen MR) is 328 cm³/mol. The normalized spacial score (nSPS) is 19.7. The summed E-state index contributed by atoms with van der Waals surface area (Å²) in [4.78, 5) is 26.5. The number of carbonyl (C=O) groups excluding carboxylic acids is 2. The maximum Gasteiger partial charge on any atom is 0.306 e. The Balaban J connectivity index is 2.71. The summed E-state index contributed by atoms with van der Waals surface area (Å²) in [6.45, 7) is 5.60. The molecule has 0 aromatic rings. The molecule has 1 heterocycles. The van der Waals surface area contributed by atoms with Crippen LogP contribution in [-0.4, -0.2) is 99.6 Å². The van der Waals surface area contributed by atoms with Gasteiger partial charge in [0.05, 0.1) is 25.4 Å². The number of aliphatic hydroxyl groups is 5. The standard InChI is InChI=1S/C68H113NO10/c1-4-7-10-13-16-19-22-24-26-28-30-32-33-35-37-40-43-46-49-52-55-61(72)67(76)69-59(60(71)54-51-48-45-42-39-21-18-15-12-9-6-3)58-77-68-66(65(75)64(74)62(57-70)78-68)79-63(73)56-53-50-47-44-41-38-36-34-31-29-27-25-23-20-17-14-11-8-5-2/h7,10,16-17,19-20,24-27,30-32,34-35,37-38,41,51,54,59-62,64-66,68,70-72,74-75H,4-6,8-9,11-15,18,21-23,28-29,33,36,39-40,42-50,52-53,55-58H2,1-3H3,(H,69,76)/b10-7-,19-16-,20-17-,26-24-,27-25-,32-30-,34-31-,37-35-,41-38-,54-51+. The molecule has 0 aromatic heterocycles. The van der Waals surface area contributed by atoms with Crippen molar-refractivity contribution < 1.29 is 49.3 Å². The summed E-state index contributed by atoms with van der Waals surface area (Å²) < 4.78 is 17.6. The van der Waals surface area contributed by atoms with Gasteiger partial charge in [-0.25, -0.2) is 0 Å². The van der Waals surface area contributed by atoms with Gasteiger partial charge in [0.2, 0.25) is 5.91 Å². The summed E-state index contributed by atoms with van der Waals surface area (Å²) in [6, 6.07) is -1.05. The van der Waals surface area contributed by atoms with Crippen molar-refractivity contribution in [3.05, 3.63) is 122 Å². The van der Waals surface area contributed by atoms with E-state index < -0.39 is 67.4 Å². The van der Waals surface area contributed by atoms with Gasteiger partial charge < -0.3 is 45.1 Å². The zero-order valence-corrected chi connectivity index (χ0v) is 49.7. The number of unbranched alkanes of at least 4 members (excludes halogenated alkanes) is 19. The lowest BCUT2D eigenvalue weighted by Gasteiger charge is -2.41. The molecule has 1 amide bonds. The van der Waals surface area contributed by atoms with Gasteiger partial charge in [0.15, 0.2) is 12.4 Å². The Kier molecular flexibility index (Phi) is 50.5. The molecule has 79 heavy (non-hydrogen) atoms. The maximum atomic E-state index is 13.4. The molecule has 8 unspecified atom stereocenters. The Bertz CT molecular complexity index is 1740. The van der Waals surface area contributed by atoms with E-state index in [9.17, 15) is 35.1 Å². The summed E-state index contributed by atoms with van der Waals surface area (Å²) in [7, 11) is 0. The van der Waals surface area contributed by atoms with Crippen molar-refractivity contribution in [2.45, 2.75) is 282 Å². The Morgan fingerprint density at radius 2 is 0.911 bits per heavy atom. The Morgan fingerprint density at radius 3 is 1.39 bits per heavy atom. The third-order valence-electron chi connectivity index (χ3n) is 13.8. The van der Waals surface area contributed by atoms with E-state index in [0.717, 1.165) is 122 Å². The number of allylic oxidation sites excluding steroid dienone is 19. The largest absolute Gasteiger partial charge is 0.454 e. The van der Waals surface area contributed by atoms with Crippen LogP contribution in [-0.2, 0) is 23.8 Å². The third-order valence-corrected chi connectivity index (χ3v) is 13.8. The van der Waals surface area contributed by atoms with Crippen molar-refractivity contribution >= 4 is 11.9 Å². The van der Waals surface area contributed by atoms with E-state index in [1.165, 1.54) is 64.2 Å².